The number of carboxylic acids is 1. The summed E-state index contributed by atoms with van der Waals surface area (Å²) in [6, 6.07) is 14.0. The average molecular weight is 282 g/mol. The molecular weight excluding hydrogens is 268 g/mol. The van der Waals surface area contributed by atoms with E-state index in [9.17, 15) is 9.90 Å². The quantitative estimate of drug-likeness (QED) is 0.727. The normalized spacial score (nSPS) is 10.9. The van der Waals surface area contributed by atoms with E-state index in [1.807, 2.05) is 56.3 Å². The number of hydrogen-bond acceptors (Lipinski definition) is 2. The molecule has 3 rings (SSSR count). The molecule has 0 aliphatic carbocycles. The van der Waals surface area contributed by atoms with Gasteiger partial charge in [-0.2, -0.15) is 0 Å². The highest BCUT2D eigenvalue weighted by atomic mass is 32.1. The summed E-state index contributed by atoms with van der Waals surface area (Å²) in [5.74, 6) is -0.863. The molecular formula is C17H14O2S. The number of aromatic carboxylic acids is 1. The number of carbonyl (C=O) groups is 1. The lowest BCUT2D eigenvalue weighted by Crippen LogP contribution is -1.97. The van der Waals surface area contributed by atoms with Gasteiger partial charge in [0.2, 0.25) is 0 Å². The zero-order valence-corrected chi connectivity index (χ0v) is 12.1. The van der Waals surface area contributed by atoms with Crippen LogP contribution in [0.2, 0.25) is 0 Å². The number of aryl methyl sites for hydroxylation is 2. The Morgan fingerprint density at radius 3 is 2.30 bits per heavy atom. The van der Waals surface area contributed by atoms with Crippen LogP contribution in [-0.2, 0) is 0 Å². The predicted molar refractivity (Wildman–Crippen MR) is 83.7 cm³/mol. The fraction of sp³-hybridized carbons (Fsp3) is 0.118. The minimum absolute atomic E-state index is 0.414. The first-order valence-electron chi connectivity index (χ1n) is 6.40. The summed E-state index contributed by atoms with van der Waals surface area (Å²) in [5, 5.41) is 10.4. The summed E-state index contributed by atoms with van der Waals surface area (Å²) < 4.78 is 1.02. The van der Waals surface area contributed by atoms with E-state index in [1.54, 1.807) is 0 Å². The molecule has 2 nitrogen and oxygen atoms in total. The van der Waals surface area contributed by atoms with Gasteiger partial charge in [0.05, 0.1) is 10.4 Å². The van der Waals surface area contributed by atoms with Crippen molar-refractivity contribution in [2.24, 2.45) is 0 Å². The number of hydrogen-bond donors (Lipinski definition) is 1. The Morgan fingerprint density at radius 2 is 1.65 bits per heavy atom. The first-order valence-corrected chi connectivity index (χ1v) is 7.21. The second-order valence-electron chi connectivity index (χ2n) is 4.98. The summed E-state index contributed by atoms with van der Waals surface area (Å²) in [4.78, 5) is 12.5. The lowest BCUT2D eigenvalue weighted by Gasteiger charge is -2.01. The van der Waals surface area contributed by atoms with Gasteiger partial charge in [-0.25, -0.2) is 4.79 Å². The lowest BCUT2D eigenvalue weighted by atomic mass is 10.0. The van der Waals surface area contributed by atoms with Crippen LogP contribution in [0.25, 0.3) is 20.5 Å². The number of fused-ring (bicyclic) bond motifs is 1. The number of thiophene rings is 1. The van der Waals surface area contributed by atoms with Gasteiger partial charge >= 0.3 is 5.97 Å². The molecule has 1 aromatic heterocycles. The summed E-state index contributed by atoms with van der Waals surface area (Å²) in [6.45, 7) is 4.00. The van der Waals surface area contributed by atoms with E-state index in [1.165, 1.54) is 16.9 Å². The van der Waals surface area contributed by atoms with Crippen LogP contribution < -0.4 is 0 Å². The van der Waals surface area contributed by atoms with Crippen LogP contribution >= 0.6 is 11.3 Å². The zero-order valence-electron chi connectivity index (χ0n) is 11.3. The van der Waals surface area contributed by atoms with E-state index >= 15 is 0 Å². The van der Waals surface area contributed by atoms with Gasteiger partial charge in [-0.3, -0.25) is 0 Å². The van der Waals surface area contributed by atoms with E-state index in [0.717, 1.165) is 26.1 Å². The molecule has 0 fully saturated rings. The molecule has 0 saturated heterocycles. The molecule has 0 radical (unpaired) electrons. The molecule has 1 N–H and O–H groups in total. The highest BCUT2D eigenvalue weighted by Crippen LogP contribution is 2.39. The van der Waals surface area contributed by atoms with E-state index in [4.69, 9.17) is 0 Å². The Kier molecular flexibility index (Phi) is 3.07. The van der Waals surface area contributed by atoms with Crippen LogP contribution in [0.15, 0.2) is 42.5 Å². The van der Waals surface area contributed by atoms with Crippen molar-refractivity contribution in [1.29, 1.82) is 0 Å². The Morgan fingerprint density at radius 1 is 1.00 bits per heavy atom. The highest BCUT2D eigenvalue weighted by Gasteiger charge is 2.19. The fourth-order valence-electron chi connectivity index (χ4n) is 2.33. The summed E-state index contributed by atoms with van der Waals surface area (Å²) >= 11 is 1.54. The van der Waals surface area contributed by atoms with Crippen molar-refractivity contribution >= 4 is 27.4 Å². The maximum absolute atomic E-state index is 11.7. The van der Waals surface area contributed by atoms with Crippen molar-refractivity contribution in [3.63, 3.8) is 0 Å². The molecule has 0 unspecified atom stereocenters. The largest absolute Gasteiger partial charge is 0.478 e. The molecule has 1 heterocycles. The van der Waals surface area contributed by atoms with E-state index < -0.39 is 5.97 Å². The average Bonchev–Trinajstić information content (AvgIpc) is 2.78. The third-order valence-corrected chi connectivity index (χ3v) is 4.59. The molecule has 3 aromatic rings. The zero-order chi connectivity index (χ0) is 14.3. The summed E-state index contributed by atoms with van der Waals surface area (Å²) in [5.41, 5.74) is 3.63. The van der Waals surface area contributed by atoms with Crippen LogP contribution in [0.4, 0.5) is 0 Å². The molecule has 100 valence electrons. The molecule has 0 spiro atoms. The summed E-state index contributed by atoms with van der Waals surface area (Å²) in [6.07, 6.45) is 0. The van der Waals surface area contributed by atoms with Crippen LogP contribution in [0.5, 0.6) is 0 Å². The Balaban J connectivity index is 2.32. The minimum Gasteiger partial charge on any atom is -0.478 e. The smallest absolute Gasteiger partial charge is 0.337 e. The van der Waals surface area contributed by atoms with E-state index in [-0.39, 0.29) is 0 Å². The van der Waals surface area contributed by atoms with Crippen molar-refractivity contribution in [1.82, 2.24) is 0 Å². The second kappa shape index (κ2) is 4.76. The molecule has 0 aliphatic rings. The summed E-state index contributed by atoms with van der Waals surface area (Å²) in [7, 11) is 0. The van der Waals surface area contributed by atoms with Gasteiger partial charge in [-0.1, -0.05) is 41.5 Å². The molecule has 0 bridgehead atoms. The molecule has 2 aromatic carbocycles. The van der Waals surface area contributed by atoms with Crippen LogP contribution in [0, 0.1) is 13.8 Å². The number of benzene rings is 2. The molecule has 0 atom stereocenters. The molecule has 0 aliphatic heterocycles. The molecule has 20 heavy (non-hydrogen) atoms. The first kappa shape index (κ1) is 12.9. The topological polar surface area (TPSA) is 37.3 Å². The Bertz CT molecular complexity index is 798. The number of carboxylic acid groups (broad SMARTS) is 1. The van der Waals surface area contributed by atoms with Gasteiger partial charge in [0.1, 0.15) is 0 Å². The van der Waals surface area contributed by atoms with Crippen LogP contribution in [0.3, 0.4) is 0 Å². The third-order valence-electron chi connectivity index (χ3n) is 3.37. The predicted octanol–water partition coefficient (Wildman–Crippen LogP) is 4.88. The maximum atomic E-state index is 11.7. The van der Waals surface area contributed by atoms with Crippen molar-refractivity contribution in [3.05, 3.63) is 59.2 Å². The van der Waals surface area contributed by atoms with Crippen molar-refractivity contribution in [3.8, 4) is 10.4 Å². The van der Waals surface area contributed by atoms with Gasteiger partial charge in [0.15, 0.2) is 0 Å². The SMILES string of the molecule is Cc1ccc(-c2sc3ccc(C)cc3c2C(=O)O)cc1. The van der Waals surface area contributed by atoms with Crippen molar-refractivity contribution < 1.29 is 9.90 Å². The van der Waals surface area contributed by atoms with E-state index in [0.29, 0.717) is 5.56 Å². The van der Waals surface area contributed by atoms with Crippen molar-refractivity contribution in [2.45, 2.75) is 13.8 Å². The Hall–Kier alpha value is -2.13. The lowest BCUT2D eigenvalue weighted by molar-refractivity contribution is 0.0700. The first-order chi connectivity index (χ1) is 9.56. The van der Waals surface area contributed by atoms with Gasteiger partial charge in [-0.05, 0) is 31.5 Å². The maximum Gasteiger partial charge on any atom is 0.337 e. The van der Waals surface area contributed by atoms with Crippen LogP contribution in [0.1, 0.15) is 21.5 Å². The van der Waals surface area contributed by atoms with Crippen molar-refractivity contribution in [2.75, 3.05) is 0 Å². The van der Waals surface area contributed by atoms with Gasteiger partial charge in [-0.15, -0.1) is 11.3 Å². The Labute approximate surface area is 121 Å². The molecule has 0 amide bonds. The third kappa shape index (κ3) is 2.10. The number of rotatable bonds is 2. The molecule has 0 saturated carbocycles. The van der Waals surface area contributed by atoms with E-state index in [2.05, 4.69) is 0 Å². The molecule has 3 heteroatoms. The minimum atomic E-state index is -0.863. The fourth-order valence-corrected chi connectivity index (χ4v) is 3.51. The standard InChI is InChI=1S/C17H14O2S/c1-10-3-6-12(7-4-10)16-15(17(18)19)13-9-11(2)5-8-14(13)20-16/h3-9H,1-2H3,(H,18,19). The van der Waals surface area contributed by atoms with Gasteiger partial charge in [0.25, 0.3) is 0 Å². The highest BCUT2D eigenvalue weighted by molar-refractivity contribution is 7.22. The van der Waals surface area contributed by atoms with Gasteiger partial charge in [0, 0.05) is 10.1 Å². The van der Waals surface area contributed by atoms with Gasteiger partial charge < -0.3 is 5.11 Å². The second-order valence-corrected chi connectivity index (χ2v) is 6.03. The monoisotopic (exact) mass is 282 g/mol. The van der Waals surface area contributed by atoms with Crippen LogP contribution in [-0.4, -0.2) is 11.1 Å².